The normalized spacial score (nSPS) is 12.6. The monoisotopic (exact) mass is 264 g/mol. The van der Waals surface area contributed by atoms with Crippen LogP contribution in [-0.4, -0.2) is 32.7 Å². The van der Waals surface area contributed by atoms with Crippen molar-refractivity contribution < 1.29 is 14.6 Å². The second-order valence-corrected chi connectivity index (χ2v) is 4.39. The molecule has 3 N–H and O–H groups in total. The lowest BCUT2D eigenvalue weighted by Gasteiger charge is -2.08. The Morgan fingerprint density at radius 1 is 1.58 bits per heavy atom. The molecule has 2 heterocycles. The molecule has 0 aliphatic heterocycles. The summed E-state index contributed by atoms with van der Waals surface area (Å²) in [5.74, 6) is -0.934. The van der Waals surface area contributed by atoms with Crippen LogP contribution in [0, 0.1) is 6.92 Å². The summed E-state index contributed by atoms with van der Waals surface area (Å²) in [6.45, 7) is 1.82. The van der Waals surface area contributed by atoms with Gasteiger partial charge in [0.05, 0.1) is 19.2 Å². The van der Waals surface area contributed by atoms with E-state index in [0.717, 1.165) is 16.6 Å². The second kappa shape index (κ2) is 4.85. The minimum absolute atomic E-state index is 0.134. The number of carboxylic acids is 1. The first kappa shape index (κ1) is 13.3. The van der Waals surface area contributed by atoms with Crippen LogP contribution in [0.25, 0.3) is 11.0 Å². The number of ether oxygens (including phenoxy) is 1. The average molecular weight is 264 g/mol. The average Bonchev–Trinajstić information content (AvgIpc) is 2.66. The van der Waals surface area contributed by atoms with Gasteiger partial charge in [-0.05, 0) is 12.5 Å². The molecule has 7 heteroatoms. The van der Waals surface area contributed by atoms with Gasteiger partial charge < -0.3 is 20.1 Å². The lowest BCUT2D eigenvalue weighted by Crippen LogP contribution is -2.15. The van der Waals surface area contributed by atoms with Gasteiger partial charge in [-0.25, -0.2) is 0 Å². The molecule has 2 rings (SSSR count). The summed E-state index contributed by atoms with van der Waals surface area (Å²) < 4.78 is 6.83. The van der Waals surface area contributed by atoms with Crippen LogP contribution in [0.5, 0.6) is 6.01 Å². The number of aromatic nitrogens is 3. The topological polar surface area (TPSA) is 103 Å². The summed E-state index contributed by atoms with van der Waals surface area (Å²) >= 11 is 0. The van der Waals surface area contributed by atoms with E-state index in [9.17, 15) is 4.79 Å². The van der Waals surface area contributed by atoms with Crippen LogP contribution in [-0.2, 0) is 11.8 Å². The highest BCUT2D eigenvalue weighted by atomic mass is 16.5. The third-order valence-corrected chi connectivity index (χ3v) is 2.98. The molecule has 2 aromatic heterocycles. The van der Waals surface area contributed by atoms with Crippen LogP contribution in [0.2, 0.25) is 0 Å². The van der Waals surface area contributed by atoms with Crippen molar-refractivity contribution in [3.8, 4) is 6.01 Å². The molecule has 0 aliphatic carbocycles. The van der Waals surface area contributed by atoms with Crippen LogP contribution in [0.1, 0.15) is 23.7 Å². The van der Waals surface area contributed by atoms with Crippen molar-refractivity contribution in [2.45, 2.75) is 19.4 Å². The number of fused-ring (bicyclic) bond motifs is 1. The van der Waals surface area contributed by atoms with Crippen LogP contribution in [0.4, 0.5) is 0 Å². The van der Waals surface area contributed by atoms with Gasteiger partial charge in [0.1, 0.15) is 5.65 Å². The van der Waals surface area contributed by atoms with E-state index in [1.807, 2.05) is 14.0 Å². The molecule has 0 amide bonds. The summed E-state index contributed by atoms with van der Waals surface area (Å²) in [6.07, 6.45) is 1.66. The molecular weight excluding hydrogens is 248 g/mol. The molecule has 0 aromatic carbocycles. The first-order valence-electron chi connectivity index (χ1n) is 5.79. The molecule has 1 atom stereocenters. The third kappa shape index (κ3) is 2.37. The van der Waals surface area contributed by atoms with E-state index < -0.39 is 12.0 Å². The molecule has 0 bridgehead atoms. The zero-order chi connectivity index (χ0) is 14.2. The molecule has 19 heavy (non-hydrogen) atoms. The van der Waals surface area contributed by atoms with Crippen LogP contribution in [0.15, 0.2) is 6.20 Å². The number of nitrogens with two attached hydrogens (primary N) is 1. The van der Waals surface area contributed by atoms with Gasteiger partial charge in [0.25, 0.3) is 0 Å². The molecule has 1 unspecified atom stereocenters. The van der Waals surface area contributed by atoms with E-state index >= 15 is 0 Å². The largest absolute Gasteiger partial charge is 0.481 e. The fourth-order valence-electron chi connectivity index (χ4n) is 2.13. The van der Waals surface area contributed by atoms with E-state index in [1.165, 1.54) is 7.11 Å². The molecule has 0 fully saturated rings. The Labute approximate surface area is 110 Å². The zero-order valence-electron chi connectivity index (χ0n) is 11.0. The van der Waals surface area contributed by atoms with Crippen LogP contribution < -0.4 is 10.5 Å². The van der Waals surface area contributed by atoms with Gasteiger partial charge in [0.2, 0.25) is 0 Å². The number of carbonyl (C=O) groups is 1. The van der Waals surface area contributed by atoms with E-state index in [2.05, 4.69) is 9.97 Å². The van der Waals surface area contributed by atoms with Gasteiger partial charge in [-0.3, -0.25) is 4.79 Å². The minimum Gasteiger partial charge on any atom is -0.481 e. The van der Waals surface area contributed by atoms with Crippen molar-refractivity contribution in [3.05, 3.63) is 17.5 Å². The van der Waals surface area contributed by atoms with Gasteiger partial charge in [-0.15, -0.1) is 0 Å². The Bertz CT molecular complexity index is 635. The summed E-state index contributed by atoms with van der Waals surface area (Å²) in [5.41, 5.74) is 8.07. The zero-order valence-corrected chi connectivity index (χ0v) is 11.0. The van der Waals surface area contributed by atoms with Crippen molar-refractivity contribution in [2.24, 2.45) is 12.8 Å². The highest BCUT2D eigenvalue weighted by molar-refractivity contribution is 5.84. The maximum atomic E-state index is 10.8. The van der Waals surface area contributed by atoms with Crippen LogP contribution in [0.3, 0.4) is 0 Å². The summed E-state index contributed by atoms with van der Waals surface area (Å²) in [4.78, 5) is 19.2. The molecule has 0 aliphatic rings. The SMILES string of the molecule is COc1nc(C)c2c(C(N)CC(=O)O)cn(C)c2n1. The first-order chi connectivity index (χ1) is 8.93. The molecule has 2 aromatic rings. The highest BCUT2D eigenvalue weighted by Gasteiger charge is 2.20. The second-order valence-electron chi connectivity index (χ2n) is 4.39. The maximum Gasteiger partial charge on any atom is 0.318 e. The summed E-state index contributed by atoms with van der Waals surface area (Å²) in [6, 6.07) is -0.304. The number of methoxy groups -OCH3 is 1. The standard InChI is InChI=1S/C12H16N4O3/c1-6-10-7(8(13)4-9(17)18)5-16(2)11(10)15-12(14-6)19-3/h5,8H,4,13H2,1-3H3,(H,17,18). The van der Waals surface area contributed by atoms with Crippen molar-refractivity contribution in [2.75, 3.05) is 7.11 Å². The number of nitrogens with zero attached hydrogens (tertiary/aromatic N) is 3. The summed E-state index contributed by atoms with van der Waals surface area (Å²) in [5, 5.41) is 9.63. The number of hydrogen-bond donors (Lipinski definition) is 2. The van der Waals surface area contributed by atoms with Gasteiger partial charge in [0, 0.05) is 24.7 Å². The van der Waals surface area contributed by atoms with Gasteiger partial charge in [0.15, 0.2) is 0 Å². The molecule has 0 radical (unpaired) electrons. The lowest BCUT2D eigenvalue weighted by molar-refractivity contribution is -0.137. The van der Waals surface area contributed by atoms with E-state index in [0.29, 0.717) is 5.65 Å². The molecule has 7 nitrogen and oxygen atoms in total. The summed E-state index contributed by atoms with van der Waals surface area (Å²) in [7, 11) is 3.33. The van der Waals surface area contributed by atoms with E-state index in [4.69, 9.17) is 15.6 Å². The predicted molar refractivity (Wildman–Crippen MR) is 69.0 cm³/mol. The minimum atomic E-state index is -0.934. The number of aryl methyl sites for hydroxylation is 2. The van der Waals surface area contributed by atoms with E-state index in [-0.39, 0.29) is 12.4 Å². The molecule has 0 saturated carbocycles. The predicted octanol–water partition coefficient (Wildman–Crippen LogP) is 0.760. The van der Waals surface area contributed by atoms with Gasteiger partial charge in [-0.1, -0.05) is 0 Å². The molecule has 102 valence electrons. The van der Waals surface area contributed by atoms with Crippen molar-refractivity contribution in [1.29, 1.82) is 0 Å². The van der Waals surface area contributed by atoms with Gasteiger partial charge in [-0.2, -0.15) is 9.97 Å². The third-order valence-electron chi connectivity index (χ3n) is 2.98. The lowest BCUT2D eigenvalue weighted by atomic mass is 10.0. The molecule has 0 spiro atoms. The number of aliphatic carboxylic acids is 1. The Kier molecular flexibility index (Phi) is 3.39. The maximum absolute atomic E-state index is 10.8. The molecule has 0 saturated heterocycles. The number of carboxylic acid groups (broad SMARTS) is 1. The smallest absolute Gasteiger partial charge is 0.318 e. The Balaban J connectivity index is 2.61. The van der Waals surface area contributed by atoms with Crippen molar-refractivity contribution in [1.82, 2.24) is 14.5 Å². The number of hydrogen-bond acceptors (Lipinski definition) is 5. The fourth-order valence-corrected chi connectivity index (χ4v) is 2.13. The first-order valence-corrected chi connectivity index (χ1v) is 5.79. The Morgan fingerprint density at radius 2 is 2.26 bits per heavy atom. The van der Waals surface area contributed by atoms with Crippen LogP contribution >= 0.6 is 0 Å². The Morgan fingerprint density at radius 3 is 2.84 bits per heavy atom. The Hall–Kier alpha value is -2.15. The number of rotatable bonds is 4. The fraction of sp³-hybridized carbons (Fsp3) is 0.417. The van der Waals surface area contributed by atoms with Crippen molar-refractivity contribution in [3.63, 3.8) is 0 Å². The molecular formula is C12H16N4O3. The van der Waals surface area contributed by atoms with Gasteiger partial charge >= 0.3 is 12.0 Å². The highest BCUT2D eigenvalue weighted by Crippen LogP contribution is 2.28. The van der Waals surface area contributed by atoms with Crippen molar-refractivity contribution >= 4 is 17.0 Å². The van der Waals surface area contributed by atoms with E-state index in [1.54, 1.807) is 10.8 Å². The quantitative estimate of drug-likeness (QED) is 0.845.